The number of H-pyrrole nitrogens is 1. The van der Waals surface area contributed by atoms with Gasteiger partial charge < -0.3 is 5.11 Å². The fourth-order valence-electron chi connectivity index (χ4n) is 1.76. The molecule has 124 valence electrons. The van der Waals surface area contributed by atoms with Crippen molar-refractivity contribution in [1.29, 1.82) is 0 Å². The van der Waals surface area contributed by atoms with Crippen LogP contribution in [0.3, 0.4) is 0 Å². The lowest BCUT2D eigenvalue weighted by Crippen LogP contribution is -2.17. The standard InChI is InChI=1S/C12H6F6N2O3/c13-11(14,15)5-1-6(12(16,17)18)3-7(2-5)20-9(21)4-8(19-20)10(22)23/h1-4,19H,(H,22,23). The quantitative estimate of drug-likeness (QED) is 0.826. The molecule has 23 heavy (non-hydrogen) atoms. The van der Waals surface area contributed by atoms with Gasteiger partial charge in [0.25, 0.3) is 5.56 Å². The van der Waals surface area contributed by atoms with Gasteiger partial charge in [-0.05, 0) is 18.2 Å². The summed E-state index contributed by atoms with van der Waals surface area (Å²) >= 11 is 0. The van der Waals surface area contributed by atoms with Crippen molar-refractivity contribution in [3.63, 3.8) is 0 Å². The Labute approximate surface area is 122 Å². The van der Waals surface area contributed by atoms with Crippen molar-refractivity contribution in [3.05, 3.63) is 51.4 Å². The van der Waals surface area contributed by atoms with Crippen molar-refractivity contribution in [2.75, 3.05) is 0 Å². The van der Waals surface area contributed by atoms with E-state index in [2.05, 4.69) is 0 Å². The molecule has 2 aromatic rings. The van der Waals surface area contributed by atoms with Crippen molar-refractivity contribution in [2.24, 2.45) is 0 Å². The van der Waals surface area contributed by atoms with Crippen LogP contribution in [-0.2, 0) is 12.4 Å². The monoisotopic (exact) mass is 340 g/mol. The van der Waals surface area contributed by atoms with Crippen molar-refractivity contribution < 1.29 is 36.2 Å². The number of halogens is 6. The molecule has 2 N–H and O–H groups in total. The summed E-state index contributed by atoms with van der Waals surface area (Å²) in [4.78, 5) is 22.3. The maximum absolute atomic E-state index is 12.7. The van der Waals surface area contributed by atoms with E-state index >= 15 is 0 Å². The lowest BCUT2D eigenvalue weighted by Gasteiger charge is -2.14. The number of alkyl halides is 6. The predicted molar refractivity (Wildman–Crippen MR) is 63.4 cm³/mol. The third-order valence-electron chi connectivity index (χ3n) is 2.78. The van der Waals surface area contributed by atoms with Crippen LogP contribution in [0.1, 0.15) is 21.6 Å². The van der Waals surface area contributed by atoms with Gasteiger partial charge >= 0.3 is 18.3 Å². The maximum atomic E-state index is 12.7. The highest BCUT2D eigenvalue weighted by Crippen LogP contribution is 2.36. The molecule has 11 heteroatoms. The Kier molecular flexibility index (Phi) is 3.75. The molecule has 0 aliphatic heterocycles. The number of aromatic amines is 1. The number of carbonyl (C=O) groups is 1. The highest BCUT2D eigenvalue weighted by atomic mass is 19.4. The van der Waals surface area contributed by atoms with Gasteiger partial charge in [0.05, 0.1) is 16.8 Å². The number of nitrogens with one attached hydrogen (secondary N) is 1. The Morgan fingerprint density at radius 2 is 1.43 bits per heavy atom. The van der Waals surface area contributed by atoms with E-state index in [9.17, 15) is 35.9 Å². The highest BCUT2D eigenvalue weighted by Gasteiger charge is 2.37. The molecular formula is C12H6F6N2O3. The van der Waals surface area contributed by atoms with E-state index < -0.39 is 46.4 Å². The summed E-state index contributed by atoms with van der Waals surface area (Å²) in [5.74, 6) is -1.59. The molecule has 0 aliphatic rings. The fraction of sp³-hybridized carbons (Fsp3) is 0.167. The number of aromatic nitrogens is 2. The molecule has 1 aromatic carbocycles. The lowest BCUT2D eigenvalue weighted by molar-refractivity contribution is -0.143. The molecule has 0 fully saturated rings. The molecule has 0 saturated heterocycles. The van der Waals surface area contributed by atoms with Crippen LogP contribution in [0, 0.1) is 0 Å². The van der Waals surface area contributed by atoms with Gasteiger partial charge in [0.2, 0.25) is 0 Å². The molecule has 0 saturated carbocycles. The molecule has 2 rings (SSSR count). The van der Waals surface area contributed by atoms with E-state index in [1.165, 1.54) is 0 Å². The lowest BCUT2D eigenvalue weighted by atomic mass is 10.1. The first-order chi connectivity index (χ1) is 10.4. The summed E-state index contributed by atoms with van der Waals surface area (Å²) in [7, 11) is 0. The molecule has 0 bridgehead atoms. The molecular weight excluding hydrogens is 334 g/mol. The Balaban J connectivity index is 2.72. The van der Waals surface area contributed by atoms with E-state index in [1.54, 1.807) is 0 Å². The number of hydrogen-bond acceptors (Lipinski definition) is 2. The molecule has 1 aromatic heterocycles. The summed E-state index contributed by atoms with van der Waals surface area (Å²) in [5.41, 5.74) is -5.83. The van der Waals surface area contributed by atoms with Crippen LogP contribution < -0.4 is 5.56 Å². The smallest absolute Gasteiger partial charge is 0.416 e. The van der Waals surface area contributed by atoms with Crippen molar-refractivity contribution in [2.45, 2.75) is 12.4 Å². The molecule has 0 amide bonds. The number of benzene rings is 1. The summed E-state index contributed by atoms with van der Waals surface area (Å²) in [6.45, 7) is 0. The zero-order chi connectivity index (χ0) is 17.6. The van der Waals surface area contributed by atoms with Gasteiger partial charge in [0.15, 0.2) is 0 Å². The number of rotatable bonds is 2. The number of carboxylic acid groups (broad SMARTS) is 1. The van der Waals surface area contributed by atoms with Crippen LogP contribution in [0.15, 0.2) is 29.1 Å². The minimum Gasteiger partial charge on any atom is -0.477 e. The Hall–Kier alpha value is -2.72. The van der Waals surface area contributed by atoms with Crippen molar-refractivity contribution in [1.82, 2.24) is 9.78 Å². The van der Waals surface area contributed by atoms with Gasteiger partial charge in [-0.25, -0.2) is 9.48 Å². The summed E-state index contributed by atoms with van der Waals surface area (Å²) in [6, 6.07) is 1.04. The van der Waals surface area contributed by atoms with E-state index in [0.29, 0.717) is 18.2 Å². The third kappa shape index (κ3) is 3.38. The average Bonchev–Trinajstić information content (AvgIpc) is 2.78. The average molecular weight is 340 g/mol. The van der Waals surface area contributed by atoms with Crippen LogP contribution in [0.25, 0.3) is 5.69 Å². The Morgan fingerprint density at radius 1 is 0.957 bits per heavy atom. The molecule has 5 nitrogen and oxygen atoms in total. The fourth-order valence-corrected chi connectivity index (χ4v) is 1.76. The van der Waals surface area contributed by atoms with Gasteiger partial charge in [-0.1, -0.05) is 0 Å². The second kappa shape index (κ2) is 5.18. The zero-order valence-electron chi connectivity index (χ0n) is 10.8. The minimum atomic E-state index is -5.08. The minimum absolute atomic E-state index is 0.102. The number of nitrogens with zero attached hydrogens (tertiary/aromatic N) is 1. The second-order valence-corrected chi connectivity index (χ2v) is 4.41. The van der Waals surface area contributed by atoms with Crippen LogP contribution in [0.5, 0.6) is 0 Å². The molecule has 0 radical (unpaired) electrons. The largest absolute Gasteiger partial charge is 0.477 e. The predicted octanol–water partition coefficient (Wildman–Crippen LogP) is 2.90. The van der Waals surface area contributed by atoms with Gasteiger partial charge in [0, 0.05) is 6.07 Å². The van der Waals surface area contributed by atoms with E-state index in [4.69, 9.17) is 5.11 Å². The van der Waals surface area contributed by atoms with E-state index in [0.717, 1.165) is 0 Å². The summed E-state index contributed by atoms with van der Waals surface area (Å²) in [6.07, 6.45) is -10.2. The SMILES string of the molecule is O=C(O)c1cc(=O)n(-c2cc(C(F)(F)F)cc(C(F)(F)F)c2)[nH]1. The molecule has 0 aliphatic carbocycles. The highest BCUT2D eigenvalue weighted by molar-refractivity contribution is 5.85. The van der Waals surface area contributed by atoms with Crippen LogP contribution >= 0.6 is 0 Å². The van der Waals surface area contributed by atoms with Gasteiger partial charge in [-0.2, -0.15) is 26.3 Å². The molecule has 0 spiro atoms. The Morgan fingerprint density at radius 3 is 1.78 bits per heavy atom. The van der Waals surface area contributed by atoms with E-state index in [-0.39, 0.29) is 10.7 Å². The first kappa shape index (κ1) is 16.6. The van der Waals surface area contributed by atoms with Crippen LogP contribution in [0.4, 0.5) is 26.3 Å². The Bertz CT molecular complexity index is 783. The van der Waals surface area contributed by atoms with Gasteiger partial charge in [-0.15, -0.1) is 0 Å². The molecule has 0 atom stereocenters. The van der Waals surface area contributed by atoms with Crippen LogP contribution in [-0.4, -0.2) is 20.9 Å². The van der Waals surface area contributed by atoms with Gasteiger partial charge in [-0.3, -0.25) is 9.89 Å². The number of carboxylic acids is 1. The normalized spacial score (nSPS) is 12.4. The summed E-state index contributed by atoms with van der Waals surface area (Å²) in [5, 5.41) is 10.6. The van der Waals surface area contributed by atoms with Crippen molar-refractivity contribution in [3.8, 4) is 5.69 Å². The number of hydrogen-bond donors (Lipinski definition) is 2. The van der Waals surface area contributed by atoms with Gasteiger partial charge in [0.1, 0.15) is 5.69 Å². The zero-order valence-corrected chi connectivity index (χ0v) is 10.8. The first-order valence-electron chi connectivity index (χ1n) is 5.75. The molecule has 1 heterocycles. The first-order valence-corrected chi connectivity index (χ1v) is 5.75. The maximum Gasteiger partial charge on any atom is 0.416 e. The topological polar surface area (TPSA) is 75.1 Å². The third-order valence-corrected chi connectivity index (χ3v) is 2.78. The summed E-state index contributed by atoms with van der Waals surface area (Å²) < 4.78 is 76.6. The number of aromatic carboxylic acids is 1. The van der Waals surface area contributed by atoms with Crippen LogP contribution in [0.2, 0.25) is 0 Å². The molecule has 0 unspecified atom stereocenters. The van der Waals surface area contributed by atoms with E-state index in [1.807, 2.05) is 5.10 Å². The van der Waals surface area contributed by atoms with Crippen molar-refractivity contribution >= 4 is 5.97 Å². The second-order valence-electron chi connectivity index (χ2n) is 4.41.